The first-order valence-electron chi connectivity index (χ1n) is 6.06. The molecular weight excluding hydrogens is 248 g/mol. The minimum absolute atomic E-state index is 0.152. The van der Waals surface area contributed by atoms with E-state index in [-0.39, 0.29) is 35.4 Å². The van der Waals surface area contributed by atoms with E-state index in [0.29, 0.717) is 6.42 Å². The first-order chi connectivity index (χ1) is 8.99. The van der Waals surface area contributed by atoms with Crippen LogP contribution in [0.5, 0.6) is 5.75 Å². The first-order valence-corrected chi connectivity index (χ1v) is 6.06. The van der Waals surface area contributed by atoms with Gasteiger partial charge in [0, 0.05) is 6.54 Å². The van der Waals surface area contributed by atoms with Gasteiger partial charge in [-0.15, -0.1) is 0 Å². The van der Waals surface area contributed by atoms with Crippen LogP contribution in [0.15, 0.2) is 18.2 Å². The lowest BCUT2D eigenvalue weighted by Crippen LogP contribution is -2.29. The van der Waals surface area contributed by atoms with Gasteiger partial charge < -0.3 is 21.3 Å². The number of carboxylic acids is 1. The van der Waals surface area contributed by atoms with E-state index in [0.717, 1.165) is 12.5 Å². The Morgan fingerprint density at radius 2 is 2.11 bits per heavy atom. The maximum atomic E-state index is 11.9. The molecule has 0 bridgehead atoms. The molecule has 104 valence electrons. The number of rotatable bonds is 6. The Bertz CT molecular complexity index is 474. The molecule has 1 aromatic rings. The minimum atomic E-state index is -1.22. The Kier molecular flexibility index (Phi) is 5.32. The molecule has 0 heterocycles. The summed E-state index contributed by atoms with van der Waals surface area (Å²) in [5.74, 6) is -2.04. The maximum Gasteiger partial charge on any atom is 0.337 e. The van der Waals surface area contributed by atoms with Crippen molar-refractivity contribution >= 4 is 17.6 Å². The number of hydrogen-bond donors (Lipinski definition) is 4. The minimum Gasteiger partial charge on any atom is -0.508 e. The Balaban J connectivity index is 2.92. The van der Waals surface area contributed by atoms with Gasteiger partial charge in [-0.3, -0.25) is 4.79 Å². The van der Waals surface area contributed by atoms with E-state index in [1.807, 2.05) is 6.92 Å². The number of carboxylic acid groups (broad SMARTS) is 1. The second kappa shape index (κ2) is 6.75. The number of aromatic hydroxyl groups is 1. The van der Waals surface area contributed by atoms with Crippen molar-refractivity contribution in [1.29, 1.82) is 0 Å². The standard InChI is InChI=1S/C13H18N2O4/c1-2-3-8(7-14)12(17)15-11-5-4-9(16)6-10(11)13(18)19/h4-6,8,16H,2-3,7,14H2,1H3,(H,15,17)(H,18,19). The number of benzene rings is 1. The molecule has 1 amide bonds. The van der Waals surface area contributed by atoms with E-state index in [1.54, 1.807) is 0 Å². The molecule has 0 fully saturated rings. The summed E-state index contributed by atoms with van der Waals surface area (Å²) >= 11 is 0. The van der Waals surface area contributed by atoms with Gasteiger partial charge in [-0.2, -0.15) is 0 Å². The van der Waals surface area contributed by atoms with Gasteiger partial charge in [0.1, 0.15) is 5.75 Å². The van der Waals surface area contributed by atoms with Crippen molar-refractivity contribution in [3.05, 3.63) is 23.8 Å². The number of phenols is 1. The fourth-order valence-corrected chi connectivity index (χ4v) is 1.76. The van der Waals surface area contributed by atoms with Crippen molar-refractivity contribution in [2.45, 2.75) is 19.8 Å². The lowest BCUT2D eigenvalue weighted by atomic mass is 10.0. The topological polar surface area (TPSA) is 113 Å². The Labute approximate surface area is 111 Å². The molecule has 1 atom stereocenters. The molecule has 6 heteroatoms. The Morgan fingerprint density at radius 3 is 2.63 bits per heavy atom. The van der Waals surface area contributed by atoms with Crippen LogP contribution in [0.4, 0.5) is 5.69 Å². The van der Waals surface area contributed by atoms with Crippen LogP contribution in [0.3, 0.4) is 0 Å². The molecule has 0 saturated heterocycles. The predicted molar refractivity (Wildman–Crippen MR) is 71.1 cm³/mol. The van der Waals surface area contributed by atoms with E-state index >= 15 is 0 Å². The number of nitrogens with two attached hydrogens (primary N) is 1. The van der Waals surface area contributed by atoms with Gasteiger partial charge in [-0.25, -0.2) is 4.79 Å². The van der Waals surface area contributed by atoms with Crippen LogP contribution in [0.1, 0.15) is 30.1 Å². The molecule has 0 spiro atoms. The van der Waals surface area contributed by atoms with Crippen LogP contribution in [0.25, 0.3) is 0 Å². The SMILES string of the molecule is CCCC(CN)C(=O)Nc1ccc(O)cc1C(=O)O. The molecule has 0 aromatic heterocycles. The summed E-state index contributed by atoms with van der Waals surface area (Å²) in [6.07, 6.45) is 1.46. The molecule has 6 nitrogen and oxygen atoms in total. The predicted octanol–water partition coefficient (Wildman–Crippen LogP) is 1.40. The highest BCUT2D eigenvalue weighted by atomic mass is 16.4. The Hall–Kier alpha value is -2.08. The smallest absolute Gasteiger partial charge is 0.337 e. The largest absolute Gasteiger partial charge is 0.508 e. The second-order valence-corrected chi connectivity index (χ2v) is 4.25. The van der Waals surface area contributed by atoms with Crippen LogP contribution < -0.4 is 11.1 Å². The van der Waals surface area contributed by atoms with Crippen LogP contribution >= 0.6 is 0 Å². The average molecular weight is 266 g/mol. The zero-order valence-corrected chi connectivity index (χ0v) is 10.7. The fourth-order valence-electron chi connectivity index (χ4n) is 1.76. The molecule has 0 radical (unpaired) electrons. The van der Waals surface area contributed by atoms with Crippen LogP contribution in [-0.2, 0) is 4.79 Å². The number of phenolic OH excluding ortho intramolecular Hbond substituents is 1. The van der Waals surface area contributed by atoms with Crippen LogP contribution in [0.2, 0.25) is 0 Å². The van der Waals surface area contributed by atoms with Crippen molar-refractivity contribution < 1.29 is 19.8 Å². The van der Waals surface area contributed by atoms with Crippen molar-refractivity contribution in [2.75, 3.05) is 11.9 Å². The molecule has 0 aliphatic heterocycles. The molecule has 0 saturated carbocycles. The highest BCUT2D eigenvalue weighted by Gasteiger charge is 2.19. The number of carbonyl (C=O) groups excluding carboxylic acids is 1. The number of hydrogen-bond acceptors (Lipinski definition) is 4. The molecule has 19 heavy (non-hydrogen) atoms. The number of nitrogens with one attached hydrogen (secondary N) is 1. The highest BCUT2D eigenvalue weighted by molar-refractivity contribution is 6.01. The van der Waals surface area contributed by atoms with Crippen LogP contribution in [0, 0.1) is 5.92 Å². The van der Waals surface area contributed by atoms with Gasteiger partial charge in [0.25, 0.3) is 0 Å². The molecule has 1 unspecified atom stereocenters. The summed E-state index contributed by atoms with van der Waals surface area (Å²) in [5.41, 5.74) is 5.52. The van der Waals surface area contributed by atoms with Gasteiger partial charge in [-0.05, 0) is 24.6 Å². The average Bonchev–Trinajstić information content (AvgIpc) is 2.37. The molecular formula is C13H18N2O4. The summed E-state index contributed by atoms with van der Waals surface area (Å²) in [7, 11) is 0. The van der Waals surface area contributed by atoms with Gasteiger partial charge >= 0.3 is 5.97 Å². The van der Waals surface area contributed by atoms with E-state index in [4.69, 9.17) is 10.8 Å². The molecule has 0 aliphatic rings. The molecule has 5 N–H and O–H groups in total. The van der Waals surface area contributed by atoms with Crippen molar-refractivity contribution in [1.82, 2.24) is 0 Å². The molecule has 1 aromatic carbocycles. The summed E-state index contributed by atoms with van der Waals surface area (Å²) in [5, 5.41) is 20.8. The summed E-state index contributed by atoms with van der Waals surface area (Å²) in [6.45, 7) is 2.15. The zero-order valence-electron chi connectivity index (χ0n) is 10.7. The van der Waals surface area contributed by atoms with Gasteiger partial charge in [0.05, 0.1) is 17.2 Å². The van der Waals surface area contributed by atoms with Crippen molar-refractivity contribution in [3.63, 3.8) is 0 Å². The van der Waals surface area contributed by atoms with Gasteiger partial charge in [0.2, 0.25) is 5.91 Å². The highest BCUT2D eigenvalue weighted by Crippen LogP contribution is 2.22. The molecule has 1 rings (SSSR count). The van der Waals surface area contributed by atoms with E-state index in [1.165, 1.54) is 12.1 Å². The lowest BCUT2D eigenvalue weighted by molar-refractivity contribution is -0.119. The third kappa shape index (κ3) is 3.96. The number of carbonyl (C=O) groups is 2. The third-order valence-electron chi connectivity index (χ3n) is 2.78. The molecule has 0 aliphatic carbocycles. The van der Waals surface area contributed by atoms with E-state index in [9.17, 15) is 14.7 Å². The summed E-state index contributed by atoms with van der Waals surface area (Å²) in [4.78, 5) is 23.0. The maximum absolute atomic E-state index is 11.9. The van der Waals surface area contributed by atoms with Crippen LogP contribution in [-0.4, -0.2) is 28.6 Å². The number of aromatic carboxylic acids is 1. The summed E-state index contributed by atoms with van der Waals surface area (Å²) in [6, 6.07) is 3.77. The first kappa shape index (κ1) is 15.0. The van der Waals surface area contributed by atoms with Crippen molar-refractivity contribution in [3.8, 4) is 5.75 Å². The van der Waals surface area contributed by atoms with E-state index in [2.05, 4.69) is 5.32 Å². The number of amides is 1. The van der Waals surface area contributed by atoms with Gasteiger partial charge in [0.15, 0.2) is 0 Å². The number of anilines is 1. The van der Waals surface area contributed by atoms with E-state index < -0.39 is 5.97 Å². The second-order valence-electron chi connectivity index (χ2n) is 4.25. The summed E-state index contributed by atoms with van der Waals surface area (Å²) < 4.78 is 0. The lowest BCUT2D eigenvalue weighted by Gasteiger charge is -2.15. The Morgan fingerprint density at radius 1 is 1.42 bits per heavy atom. The normalized spacial score (nSPS) is 11.9. The fraction of sp³-hybridized carbons (Fsp3) is 0.385. The zero-order chi connectivity index (χ0) is 14.4. The van der Waals surface area contributed by atoms with Gasteiger partial charge in [-0.1, -0.05) is 13.3 Å². The quantitative estimate of drug-likeness (QED) is 0.581. The van der Waals surface area contributed by atoms with Crippen molar-refractivity contribution in [2.24, 2.45) is 11.7 Å². The monoisotopic (exact) mass is 266 g/mol. The third-order valence-corrected chi connectivity index (χ3v) is 2.78.